The summed E-state index contributed by atoms with van der Waals surface area (Å²) < 4.78 is 0. The molecule has 0 saturated carbocycles. The molecule has 5 heteroatoms. The first-order chi connectivity index (χ1) is 14.2. The molecule has 5 nitrogen and oxygen atoms in total. The van der Waals surface area contributed by atoms with Crippen LogP contribution in [0.1, 0.15) is 28.8 Å². The SMILES string of the molecule is O=C(NC(=O)c1ccccc1)NC1CCN(Cc2cccc3ccccc23)CC1. The number of carbonyl (C=O) groups excluding carboxylic acids is 2. The Hall–Kier alpha value is -3.18. The first kappa shape index (κ1) is 19.2. The Bertz CT molecular complexity index is 990. The lowest BCUT2D eigenvalue weighted by molar-refractivity contribution is 0.0962. The van der Waals surface area contributed by atoms with Gasteiger partial charge in [-0.25, -0.2) is 4.79 Å². The van der Waals surface area contributed by atoms with Crippen molar-refractivity contribution >= 4 is 22.7 Å². The fraction of sp³-hybridized carbons (Fsp3) is 0.250. The molecule has 1 fully saturated rings. The van der Waals surface area contributed by atoms with Gasteiger partial charge in [0, 0.05) is 31.2 Å². The third kappa shape index (κ3) is 4.81. The number of fused-ring (bicyclic) bond motifs is 1. The van der Waals surface area contributed by atoms with Crippen molar-refractivity contribution in [3.63, 3.8) is 0 Å². The van der Waals surface area contributed by atoms with Crippen LogP contribution in [0, 0.1) is 0 Å². The monoisotopic (exact) mass is 387 g/mol. The fourth-order valence-corrected chi connectivity index (χ4v) is 3.89. The second-order valence-electron chi connectivity index (χ2n) is 7.48. The van der Waals surface area contributed by atoms with Gasteiger partial charge >= 0.3 is 6.03 Å². The number of benzene rings is 3. The Morgan fingerprint density at radius 2 is 1.55 bits per heavy atom. The molecule has 3 aromatic carbocycles. The Balaban J connectivity index is 1.27. The number of imide groups is 1. The number of hydrogen-bond donors (Lipinski definition) is 2. The lowest BCUT2D eigenvalue weighted by Crippen LogP contribution is -2.49. The van der Waals surface area contributed by atoms with Gasteiger partial charge < -0.3 is 5.32 Å². The number of piperidine rings is 1. The predicted octanol–water partition coefficient (Wildman–Crippen LogP) is 3.94. The highest BCUT2D eigenvalue weighted by atomic mass is 16.2. The summed E-state index contributed by atoms with van der Waals surface area (Å²) in [6, 6.07) is 23.3. The molecule has 3 amide bonds. The molecule has 0 bridgehead atoms. The third-order valence-electron chi connectivity index (χ3n) is 5.46. The van der Waals surface area contributed by atoms with E-state index in [4.69, 9.17) is 0 Å². The molecule has 0 radical (unpaired) electrons. The number of carbonyl (C=O) groups is 2. The van der Waals surface area contributed by atoms with E-state index in [1.54, 1.807) is 24.3 Å². The van der Waals surface area contributed by atoms with Crippen LogP contribution in [0.15, 0.2) is 72.8 Å². The van der Waals surface area contributed by atoms with E-state index in [1.165, 1.54) is 16.3 Å². The van der Waals surface area contributed by atoms with E-state index in [0.29, 0.717) is 5.56 Å². The second kappa shape index (κ2) is 8.88. The van der Waals surface area contributed by atoms with Gasteiger partial charge in [-0.05, 0) is 41.3 Å². The molecule has 1 aliphatic heterocycles. The minimum absolute atomic E-state index is 0.0855. The molecule has 0 atom stereocenters. The summed E-state index contributed by atoms with van der Waals surface area (Å²) >= 11 is 0. The standard InChI is InChI=1S/C24H25N3O2/c28-23(19-8-2-1-3-9-19)26-24(29)25-21-13-15-27(16-14-21)17-20-11-6-10-18-7-4-5-12-22(18)20/h1-12,21H,13-17H2,(H2,25,26,28,29). The topological polar surface area (TPSA) is 61.4 Å². The zero-order chi connectivity index (χ0) is 20.1. The van der Waals surface area contributed by atoms with Crippen LogP contribution in [0.25, 0.3) is 10.8 Å². The lowest BCUT2D eigenvalue weighted by Gasteiger charge is -2.32. The van der Waals surface area contributed by atoms with E-state index < -0.39 is 6.03 Å². The highest BCUT2D eigenvalue weighted by Crippen LogP contribution is 2.21. The third-order valence-corrected chi connectivity index (χ3v) is 5.46. The van der Waals surface area contributed by atoms with Crippen molar-refractivity contribution in [2.45, 2.75) is 25.4 Å². The molecule has 0 aromatic heterocycles. The van der Waals surface area contributed by atoms with E-state index >= 15 is 0 Å². The minimum atomic E-state index is -0.425. The van der Waals surface area contributed by atoms with E-state index in [2.05, 4.69) is 58.0 Å². The maximum Gasteiger partial charge on any atom is 0.321 e. The summed E-state index contributed by atoms with van der Waals surface area (Å²) in [6.07, 6.45) is 1.75. The molecule has 1 aliphatic rings. The molecule has 0 unspecified atom stereocenters. The number of hydrogen-bond acceptors (Lipinski definition) is 3. The largest absolute Gasteiger partial charge is 0.335 e. The van der Waals surface area contributed by atoms with E-state index in [9.17, 15) is 9.59 Å². The number of amides is 3. The van der Waals surface area contributed by atoms with Gasteiger partial charge in [-0.2, -0.15) is 0 Å². The van der Waals surface area contributed by atoms with Crippen LogP contribution in [-0.2, 0) is 6.54 Å². The second-order valence-corrected chi connectivity index (χ2v) is 7.48. The molecule has 4 rings (SSSR count). The molecule has 0 aliphatic carbocycles. The summed E-state index contributed by atoms with van der Waals surface area (Å²) in [7, 11) is 0. The van der Waals surface area contributed by atoms with Crippen molar-refractivity contribution in [1.82, 2.24) is 15.5 Å². The Kier molecular flexibility index (Phi) is 5.86. The molecule has 3 aromatic rings. The lowest BCUT2D eigenvalue weighted by atomic mass is 10.0. The highest BCUT2D eigenvalue weighted by Gasteiger charge is 2.22. The van der Waals surface area contributed by atoms with Crippen LogP contribution in [0.4, 0.5) is 4.79 Å². The van der Waals surface area contributed by atoms with Gasteiger partial charge in [0.05, 0.1) is 0 Å². The van der Waals surface area contributed by atoms with Gasteiger partial charge in [0.15, 0.2) is 0 Å². The summed E-state index contributed by atoms with van der Waals surface area (Å²) in [6.45, 7) is 2.74. The van der Waals surface area contributed by atoms with Crippen molar-refractivity contribution in [3.05, 3.63) is 83.9 Å². The fourth-order valence-electron chi connectivity index (χ4n) is 3.89. The van der Waals surface area contributed by atoms with Gasteiger partial charge in [-0.1, -0.05) is 60.7 Å². The van der Waals surface area contributed by atoms with Crippen LogP contribution >= 0.6 is 0 Å². The Morgan fingerprint density at radius 3 is 2.34 bits per heavy atom. The number of likely N-dealkylation sites (tertiary alicyclic amines) is 1. The van der Waals surface area contributed by atoms with E-state index in [1.807, 2.05) is 6.07 Å². The Morgan fingerprint density at radius 1 is 0.862 bits per heavy atom. The number of nitrogens with zero attached hydrogens (tertiary/aromatic N) is 1. The summed E-state index contributed by atoms with van der Waals surface area (Å²) in [5.74, 6) is -0.378. The molecule has 1 heterocycles. The average molecular weight is 387 g/mol. The highest BCUT2D eigenvalue weighted by molar-refractivity contribution is 6.04. The molecular weight excluding hydrogens is 362 g/mol. The van der Waals surface area contributed by atoms with Crippen molar-refractivity contribution in [2.75, 3.05) is 13.1 Å². The zero-order valence-corrected chi connectivity index (χ0v) is 16.3. The normalized spacial score (nSPS) is 15.2. The van der Waals surface area contributed by atoms with Gasteiger partial charge in [0.25, 0.3) is 5.91 Å². The zero-order valence-electron chi connectivity index (χ0n) is 16.3. The summed E-state index contributed by atoms with van der Waals surface area (Å²) in [5.41, 5.74) is 1.81. The molecule has 29 heavy (non-hydrogen) atoms. The first-order valence-corrected chi connectivity index (χ1v) is 10.0. The number of rotatable bonds is 4. The van der Waals surface area contributed by atoms with Crippen LogP contribution in [-0.4, -0.2) is 36.0 Å². The van der Waals surface area contributed by atoms with Crippen molar-refractivity contribution in [2.24, 2.45) is 0 Å². The van der Waals surface area contributed by atoms with Gasteiger partial charge in [-0.3, -0.25) is 15.0 Å². The predicted molar refractivity (Wildman–Crippen MR) is 115 cm³/mol. The summed E-state index contributed by atoms with van der Waals surface area (Å²) in [4.78, 5) is 26.7. The molecule has 1 saturated heterocycles. The van der Waals surface area contributed by atoms with E-state index in [-0.39, 0.29) is 11.9 Å². The van der Waals surface area contributed by atoms with Gasteiger partial charge in [0.1, 0.15) is 0 Å². The number of nitrogens with one attached hydrogen (secondary N) is 2. The van der Waals surface area contributed by atoms with Crippen LogP contribution in [0.3, 0.4) is 0 Å². The number of urea groups is 1. The summed E-state index contributed by atoms with van der Waals surface area (Å²) in [5, 5.41) is 7.91. The van der Waals surface area contributed by atoms with Crippen molar-refractivity contribution in [3.8, 4) is 0 Å². The van der Waals surface area contributed by atoms with Gasteiger partial charge in [-0.15, -0.1) is 0 Å². The molecule has 148 valence electrons. The van der Waals surface area contributed by atoms with Crippen LogP contribution in [0.2, 0.25) is 0 Å². The maximum absolute atomic E-state index is 12.2. The molecule has 0 spiro atoms. The average Bonchev–Trinajstić information content (AvgIpc) is 2.76. The smallest absolute Gasteiger partial charge is 0.321 e. The maximum atomic E-state index is 12.2. The van der Waals surface area contributed by atoms with E-state index in [0.717, 1.165) is 32.5 Å². The first-order valence-electron chi connectivity index (χ1n) is 10.0. The van der Waals surface area contributed by atoms with Crippen molar-refractivity contribution in [1.29, 1.82) is 0 Å². The molecular formula is C24H25N3O2. The Labute approximate surface area is 170 Å². The minimum Gasteiger partial charge on any atom is -0.335 e. The van der Waals surface area contributed by atoms with Crippen LogP contribution < -0.4 is 10.6 Å². The van der Waals surface area contributed by atoms with Crippen LogP contribution in [0.5, 0.6) is 0 Å². The van der Waals surface area contributed by atoms with Crippen molar-refractivity contribution < 1.29 is 9.59 Å². The quantitative estimate of drug-likeness (QED) is 0.713. The van der Waals surface area contributed by atoms with Gasteiger partial charge in [0.2, 0.25) is 0 Å². The molecule has 2 N–H and O–H groups in total.